The van der Waals surface area contributed by atoms with Crippen LogP contribution in [0, 0.1) is 17.0 Å². The molecule has 0 unspecified atom stereocenters. The molecule has 2 aromatic heterocycles. The lowest BCUT2D eigenvalue weighted by Crippen LogP contribution is -2.19. The summed E-state index contributed by atoms with van der Waals surface area (Å²) >= 11 is 0. The molecule has 0 fully saturated rings. The number of anilines is 3. The van der Waals surface area contributed by atoms with Crippen LogP contribution in [0.25, 0.3) is 11.6 Å². The van der Waals surface area contributed by atoms with Gasteiger partial charge in [0.2, 0.25) is 0 Å². The van der Waals surface area contributed by atoms with Gasteiger partial charge in [-0.25, -0.2) is 4.79 Å². The van der Waals surface area contributed by atoms with Crippen LogP contribution in [0.2, 0.25) is 0 Å². The molecule has 0 aliphatic carbocycles. The van der Waals surface area contributed by atoms with Crippen molar-refractivity contribution in [2.75, 3.05) is 16.0 Å². The van der Waals surface area contributed by atoms with Gasteiger partial charge in [0.05, 0.1) is 27.9 Å². The molecule has 11 heteroatoms. The Morgan fingerprint density at radius 1 is 1.24 bits per heavy atom. The van der Waals surface area contributed by atoms with E-state index in [1.54, 1.807) is 37.3 Å². The van der Waals surface area contributed by atoms with Gasteiger partial charge >= 0.3 is 6.03 Å². The summed E-state index contributed by atoms with van der Waals surface area (Å²) in [5.74, 6) is 0.577. The first-order chi connectivity index (χ1) is 15.5. The Morgan fingerprint density at radius 2 is 2.00 bits per heavy atom. The number of fused-ring (bicyclic) bond motifs is 1. The van der Waals surface area contributed by atoms with Crippen molar-refractivity contribution in [3.8, 4) is 0 Å². The number of amides is 3. The average molecular weight is 450 g/mol. The summed E-state index contributed by atoms with van der Waals surface area (Å²) in [4.78, 5) is 38.2. The van der Waals surface area contributed by atoms with Crippen molar-refractivity contribution in [1.82, 2.24) is 10.1 Å². The van der Waals surface area contributed by atoms with E-state index < -0.39 is 11.0 Å². The molecule has 0 spiro atoms. The second-order valence-corrected chi connectivity index (χ2v) is 8.65. The molecule has 0 radical (unpaired) electrons. The molecule has 0 saturated heterocycles. The Bertz CT molecular complexity index is 1310. The average Bonchev–Trinajstić information content (AvgIpc) is 3.40. The lowest BCUT2D eigenvalue weighted by Gasteiger charge is -2.12. The van der Waals surface area contributed by atoms with Crippen LogP contribution in [0.4, 0.5) is 27.7 Å². The largest absolute Gasteiger partial charge is 0.359 e. The highest BCUT2D eigenvalue weighted by molar-refractivity contribution is 6.35. The third kappa shape index (κ3) is 4.33. The number of hydrogen-bond acceptors (Lipinski definition) is 6. The zero-order valence-corrected chi connectivity index (χ0v) is 18.4. The van der Waals surface area contributed by atoms with Gasteiger partial charge in [0, 0.05) is 28.4 Å². The minimum atomic E-state index is -0.516. The number of benzene rings is 1. The van der Waals surface area contributed by atoms with Crippen molar-refractivity contribution in [2.45, 2.75) is 33.1 Å². The van der Waals surface area contributed by atoms with E-state index in [0.717, 1.165) is 0 Å². The van der Waals surface area contributed by atoms with Gasteiger partial charge in [-0.3, -0.25) is 20.2 Å². The molecule has 0 atom stereocenters. The van der Waals surface area contributed by atoms with Crippen molar-refractivity contribution < 1.29 is 19.0 Å². The monoisotopic (exact) mass is 450 g/mol. The first-order valence-corrected chi connectivity index (χ1v) is 10.1. The number of carbonyl (C=O) groups is 2. The number of H-pyrrole nitrogens is 1. The van der Waals surface area contributed by atoms with Crippen molar-refractivity contribution in [1.29, 1.82) is 0 Å². The number of nitrogens with one attached hydrogen (secondary N) is 4. The van der Waals surface area contributed by atoms with E-state index in [2.05, 4.69) is 26.1 Å². The van der Waals surface area contributed by atoms with E-state index in [1.807, 2.05) is 20.8 Å². The topological polar surface area (TPSA) is 155 Å². The van der Waals surface area contributed by atoms with Crippen LogP contribution in [-0.4, -0.2) is 27.0 Å². The molecule has 1 aliphatic heterocycles. The highest BCUT2D eigenvalue weighted by Crippen LogP contribution is 2.36. The fraction of sp³-hybridized carbons (Fsp3) is 0.227. The zero-order chi connectivity index (χ0) is 23.9. The lowest BCUT2D eigenvalue weighted by atomic mass is 9.93. The number of rotatable bonds is 4. The number of hydrogen-bond donors (Lipinski definition) is 4. The molecule has 4 rings (SSSR count). The minimum absolute atomic E-state index is 0.0484. The summed E-state index contributed by atoms with van der Waals surface area (Å²) in [6.07, 6.45) is 2.86. The number of nitro groups is 1. The quantitative estimate of drug-likeness (QED) is 0.257. The molecule has 1 aliphatic rings. The molecule has 170 valence electrons. The van der Waals surface area contributed by atoms with E-state index in [4.69, 9.17) is 4.52 Å². The summed E-state index contributed by atoms with van der Waals surface area (Å²) in [5.41, 5.74) is 2.57. The third-order valence-corrected chi connectivity index (χ3v) is 5.19. The van der Waals surface area contributed by atoms with Crippen LogP contribution in [0.3, 0.4) is 0 Å². The van der Waals surface area contributed by atoms with E-state index in [-0.39, 0.29) is 22.8 Å². The summed E-state index contributed by atoms with van der Waals surface area (Å²) < 4.78 is 5.25. The number of urea groups is 1. The summed E-state index contributed by atoms with van der Waals surface area (Å²) in [6.45, 7) is 7.52. The normalized spacial score (nSPS) is 14.2. The molecule has 3 heterocycles. The summed E-state index contributed by atoms with van der Waals surface area (Å²) in [7, 11) is 0. The van der Waals surface area contributed by atoms with Gasteiger partial charge < -0.3 is 20.1 Å². The van der Waals surface area contributed by atoms with Crippen molar-refractivity contribution in [3.63, 3.8) is 0 Å². The fourth-order valence-corrected chi connectivity index (χ4v) is 3.37. The first-order valence-electron chi connectivity index (χ1n) is 10.1. The van der Waals surface area contributed by atoms with Gasteiger partial charge in [0.15, 0.2) is 5.82 Å². The first kappa shape index (κ1) is 21.8. The fourth-order valence-electron chi connectivity index (χ4n) is 3.37. The summed E-state index contributed by atoms with van der Waals surface area (Å²) in [6, 6.07) is 6.11. The maximum Gasteiger partial charge on any atom is 0.324 e. The number of nitrogens with zero attached hydrogens (tertiary/aromatic N) is 2. The van der Waals surface area contributed by atoms with Crippen LogP contribution in [-0.2, 0) is 10.2 Å². The predicted molar refractivity (Wildman–Crippen MR) is 123 cm³/mol. The van der Waals surface area contributed by atoms with Crippen LogP contribution >= 0.6 is 0 Å². The van der Waals surface area contributed by atoms with E-state index in [1.165, 1.54) is 6.20 Å². The second-order valence-electron chi connectivity index (χ2n) is 8.65. The molecular formula is C22H22N6O5. The van der Waals surface area contributed by atoms with Crippen LogP contribution in [0.5, 0.6) is 0 Å². The maximum atomic E-state index is 12.5. The molecule has 33 heavy (non-hydrogen) atoms. The number of aromatic nitrogens is 2. The molecule has 1 aromatic carbocycles. The van der Waals surface area contributed by atoms with Crippen LogP contribution in [0.15, 0.2) is 35.0 Å². The Morgan fingerprint density at radius 3 is 2.64 bits per heavy atom. The van der Waals surface area contributed by atoms with Crippen LogP contribution < -0.4 is 16.0 Å². The molecule has 0 bridgehead atoms. The number of aromatic amines is 1. The molecule has 4 N–H and O–H groups in total. The van der Waals surface area contributed by atoms with E-state index >= 15 is 0 Å². The molecular weight excluding hydrogens is 428 g/mol. The Hall–Kier alpha value is -4.41. The minimum Gasteiger partial charge on any atom is -0.359 e. The highest BCUT2D eigenvalue weighted by atomic mass is 16.6. The summed E-state index contributed by atoms with van der Waals surface area (Å²) in [5, 5.41) is 22.9. The SMILES string of the molecule is Cc1c([N+](=O)[O-])c[nH]c1/C=C1\C(=O)Nc2cc(NC(=O)Nc3cc(C(C)(C)C)on3)ccc21. The smallest absolute Gasteiger partial charge is 0.324 e. The van der Waals surface area contributed by atoms with Crippen molar-refractivity contribution in [3.05, 3.63) is 63.2 Å². The van der Waals surface area contributed by atoms with E-state index in [0.29, 0.717) is 39.5 Å². The Balaban J connectivity index is 1.51. The Labute approximate surface area is 188 Å². The van der Waals surface area contributed by atoms with Crippen molar-refractivity contribution >= 4 is 46.5 Å². The molecule has 3 amide bonds. The van der Waals surface area contributed by atoms with Crippen molar-refractivity contribution in [2.24, 2.45) is 0 Å². The van der Waals surface area contributed by atoms with E-state index in [9.17, 15) is 19.7 Å². The van der Waals surface area contributed by atoms with Gasteiger partial charge in [0.25, 0.3) is 11.6 Å². The highest BCUT2D eigenvalue weighted by Gasteiger charge is 2.26. The second kappa shape index (κ2) is 7.93. The molecule has 3 aromatic rings. The van der Waals surface area contributed by atoms with Gasteiger partial charge in [-0.15, -0.1) is 0 Å². The molecule has 11 nitrogen and oxygen atoms in total. The zero-order valence-electron chi connectivity index (χ0n) is 18.4. The van der Waals surface area contributed by atoms with Gasteiger partial charge in [-0.2, -0.15) is 0 Å². The molecule has 0 saturated carbocycles. The van der Waals surface area contributed by atoms with Gasteiger partial charge in [0.1, 0.15) is 5.76 Å². The van der Waals surface area contributed by atoms with Gasteiger partial charge in [-0.1, -0.05) is 32.0 Å². The third-order valence-electron chi connectivity index (χ3n) is 5.19. The predicted octanol–water partition coefficient (Wildman–Crippen LogP) is 4.65. The maximum absolute atomic E-state index is 12.5. The standard InChI is InChI=1S/C22H22N6O5/c1-11-15(23-10-17(11)28(31)32)8-14-13-6-5-12(7-16(13)25-20(14)29)24-21(30)26-19-9-18(33-27-19)22(2,3)4/h5-10,23H,1-4H3,(H,25,29)(H2,24,26,27,30)/b14-8-. The number of carbonyl (C=O) groups excluding carboxylic acids is 2. The van der Waals surface area contributed by atoms with Crippen LogP contribution in [0.1, 0.15) is 43.4 Å². The van der Waals surface area contributed by atoms with Gasteiger partial charge in [-0.05, 0) is 25.1 Å². The Kier molecular flexibility index (Phi) is 5.24. The lowest BCUT2D eigenvalue weighted by molar-refractivity contribution is -0.385.